The van der Waals surface area contributed by atoms with Crippen LogP contribution >= 0.6 is 24.0 Å². The van der Waals surface area contributed by atoms with Gasteiger partial charge >= 0.3 is 0 Å². The summed E-state index contributed by atoms with van der Waals surface area (Å²) in [4.78, 5) is 7.13. The highest BCUT2D eigenvalue weighted by Gasteiger charge is 2.21. The zero-order valence-electron chi connectivity index (χ0n) is 15.6. The van der Waals surface area contributed by atoms with Gasteiger partial charge in [0.25, 0.3) is 0 Å². The number of nitrogens with one attached hydrogen (secondary N) is 2. The van der Waals surface area contributed by atoms with Crippen LogP contribution in [0.1, 0.15) is 39.2 Å². The minimum Gasteiger partial charge on any atom is -0.357 e. The summed E-state index contributed by atoms with van der Waals surface area (Å²) in [7, 11) is 0. The number of aliphatic imine (C=N–C) groups is 1. The van der Waals surface area contributed by atoms with Gasteiger partial charge in [-0.25, -0.2) is 4.39 Å². The molecule has 6 heteroatoms. The molecule has 1 aliphatic heterocycles. The number of hydrogen-bond acceptors (Lipinski definition) is 2. The molecule has 0 radical (unpaired) electrons. The Morgan fingerprint density at radius 3 is 2.56 bits per heavy atom. The molecule has 2 rings (SSSR count). The van der Waals surface area contributed by atoms with Crippen molar-refractivity contribution in [2.24, 2.45) is 4.99 Å². The first-order valence-electron chi connectivity index (χ1n) is 9.12. The fourth-order valence-electron chi connectivity index (χ4n) is 3.06. The Kier molecular flexibility index (Phi) is 10.3. The van der Waals surface area contributed by atoms with E-state index in [2.05, 4.69) is 41.3 Å². The number of nitrogens with zero attached hydrogens (tertiary/aromatic N) is 2. The van der Waals surface area contributed by atoms with E-state index in [0.29, 0.717) is 25.0 Å². The van der Waals surface area contributed by atoms with Crippen LogP contribution in [0.25, 0.3) is 0 Å². The highest BCUT2D eigenvalue weighted by molar-refractivity contribution is 14.0. The van der Waals surface area contributed by atoms with Gasteiger partial charge in [0.2, 0.25) is 0 Å². The number of guanidine groups is 1. The van der Waals surface area contributed by atoms with Crippen molar-refractivity contribution in [3.05, 3.63) is 35.6 Å². The Morgan fingerprint density at radius 2 is 1.96 bits per heavy atom. The number of hydrogen-bond donors (Lipinski definition) is 2. The third kappa shape index (κ3) is 7.48. The number of likely N-dealkylation sites (tertiary alicyclic amines) is 1. The Morgan fingerprint density at radius 1 is 1.28 bits per heavy atom. The van der Waals surface area contributed by atoms with Crippen molar-refractivity contribution in [1.29, 1.82) is 0 Å². The third-order valence-electron chi connectivity index (χ3n) is 4.55. The van der Waals surface area contributed by atoms with Gasteiger partial charge in [0.15, 0.2) is 5.96 Å². The van der Waals surface area contributed by atoms with Gasteiger partial charge in [-0.3, -0.25) is 4.99 Å². The zero-order valence-corrected chi connectivity index (χ0v) is 17.9. The third-order valence-corrected chi connectivity index (χ3v) is 4.55. The van der Waals surface area contributed by atoms with Crippen molar-refractivity contribution in [1.82, 2.24) is 15.5 Å². The second kappa shape index (κ2) is 11.7. The maximum Gasteiger partial charge on any atom is 0.191 e. The van der Waals surface area contributed by atoms with E-state index in [1.807, 2.05) is 12.1 Å². The maximum absolute atomic E-state index is 13.7. The average molecular weight is 462 g/mol. The topological polar surface area (TPSA) is 39.7 Å². The fraction of sp³-hybridized carbons (Fsp3) is 0.632. The Balaban J connectivity index is 0.00000312. The van der Waals surface area contributed by atoms with Crippen molar-refractivity contribution in [3.8, 4) is 0 Å². The molecule has 0 bridgehead atoms. The van der Waals surface area contributed by atoms with E-state index in [4.69, 9.17) is 0 Å². The zero-order chi connectivity index (χ0) is 17.4. The van der Waals surface area contributed by atoms with E-state index < -0.39 is 0 Å². The number of benzene rings is 1. The number of piperidine rings is 1. The molecule has 1 aromatic rings. The molecule has 25 heavy (non-hydrogen) atoms. The lowest BCUT2D eigenvalue weighted by Crippen LogP contribution is -2.49. The van der Waals surface area contributed by atoms with E-state index in [1.165, 1.54) is 6.07 Å². The minimum absolute atomic E-state index is 0. The Labute approximate surface area is 168 Å². The van der Waals surface area contributed by atoms with Crippen LogP contribution in [-0.2, 0) is 6.42 Å². The normalized spacial score (nSPS) is 16.6. The molecule has 1 aliphatic rings. The molecule has 0 spiro atoms. The van der Waals surface area contributed by atoms with Crippen molar-refractivity contribution >= 4 is 29.9 Å². The molecule has 142 valence electrons. The van der Waals surface area contributed by atoms with Crippen LogP contribution < -0.4 is 10.6 Å². The van der Waals surface area contributed by atoms with Crippen LogP contribution in [0, 0.1) is 5.82 Å². The molecular formula is C19H32FIN4. The van der Waals surface area contributed by atoms with Gasteiger partial charge in [0, 0.05) is 38.3 Å². The molecule has 0 amide bonds. The van der Waals surface area contributed by atoms with Crippen LogP contribution in [0.15, 0.2) is 29.3 Å². The summed E-state index contributed by atoms with van der Waals surface area (Å²) >= 11 is 0. The molecular weight excluding hydrogens is 430 g/mol. The maximum atomic E-state index is 13.7. The second-order valence-corrected chi connectivity index (χ2v) is 6.65. The average Bonchev–Trinajstić information content (AvgIpc) is 2.57. The predicted molar refractivity (Wildman–Crippen MR) is 114 cm³/mol. The van der Waals surface area contributed by atoms with E-state index in [9.17, 15) is 4.39 Å². The summed E-state index contributed by atoms with van der Waals surface area (Å²) in [5.41, 5.74) is 0.724. The van der Waals surface area contributed by atoms with E-state index in [1.54, 1.807) is 6.07 Å². The summed E-state index contributed by atoms with van der Waals surface area (Å²) < 4.78 is 13.7. The second-order valence-electron chi connectivity index (χ2n) is 6.65. The molecule has 0 saturated carbocycles. The quantitative estimate of drug-likeness (QED) is 0.387. The van der Waals surface area contributed by atoms with E-state index in [0.717, 1.165) is 44.0 Å². The standard InChI is InChI=1S/C19H31FN4.HI/c1-4-21-19(22-12-9-16-7-5-6-8-18(16)20)23-17-10-13-24(14-11-17)15(2)3;/h5-8,15,17H,4,9-14H2,1-3H3,(H2,21,22,23);1H. The van der Waals surface area contributed by atoms with Crippen molar-refractivity contribution in [2.75, 3.05) is 26.2 Å². The lowest BCUT2D eigenvalue weighted by atomic mass is 10.0. The number of rotatable bonds is 6. The van der Waals surface area contributed by atoms with Gasteiger partial charge in [-0.1, -0.05) is 18.2 Å². The lowest BCUT2D eigenvalue weighted by molar-refractivity contribution is 0.167. The minimum atomic E-state index is -0.147. The van der Waals surface area contributed by atoms with Crippen molar-refractivity contribution in [3.63, 3.8) is 0 Å². The first-order valence-corrected chi connectivity index (χ1v) is 9.12. The van der Waals surface area contributed by atoms with Crippen LogP contribution in [0.3, 0.4) is 0 Å². The van der Waals surface area contributed by atoms with Crippen LogP contribution in [0.4, 0.5) is 4.39 Å². The molecule has 0 aromatic heterocycles. The van der Waals surface area contributed by atoms with E-state index >= 15 is 0 Å². The van der Waals surface area contributed by atoms with Gasteiger partial charge in [0.05, 0.1) is 0 Å². The van der Waals surface area contributed by atoms with Crippen LogP contribution in [0.2, 0.25) is 0 Å². The summed E-state index contributed by atoms with van der Waals surface area (Å²) in [6, 6.07) is 8.00. The predicted octanol–water partition coefficient (Wildman–Crippen LogP) is 3.41. The van der Waals surface area contributed by atoms with E-state index in [-0.39, 0.29) is 29.8 Å². The highest BCUT2D eigenvalue weighted by Crippen LogP contribution is 2.13. The van der Waals surface area contributed by atoms with Gasteiger partial charge < -0.3 is 15.5 Å². The first kappa shape index (κ1) is 22.2. The van der Waals surface area contributed by atoms with Gasteiger partial charge in [0.1, 0.15) is 5.82 Å². The van der Waals surface area contributed by atoms with Crippen molar-refractivity contribution < 1.29 is 4.39 Å². The molecule has 1 saturated heterocycles. The fourth-order valence-corrected chi connectivity index (χ4v) is 3.06. The van der Waals surface area contributed by atoms with Crippen LogP contribution in [-0.4, -0.2) is 49.1 Å². The first-order chi connectivity index (χ1) is 11.6. The summed E-state index contributed by atoms with van der Waals surface area (Å²) in [6.45, 7) is 10.2. The van der Waals surface area contributed by atoms with Gasteiger partial charge in [-0.2, -0.15) is 0 Å². The smallest absolute Gasteiger partial charge is 0.191 e. The molecule has 2 N–H and O–H groups in total. The Hall–Kier alpha value is -0.890. The summed E-state index contributed by atoms with van der Waals surface area (Å²) in [5.74, 6) is 0.698. The lowest BCUT2D eigenvalue weighted by Gasteiger charge is -2.35. The molecule has 0 unspecified atom stereocenters. The number of halogens is 2. The van der Waals surface area contributed by atoms with Crippen molar-refractivity contribution in [2.45, 2.75) is 52.1 Å². The van der Waals surface area contributed by atoms with Gasteiger partial charge in [-0.15, -0.1) is 24.0 Å². The summed E-state index contributed by atoms with van der Waals surface area (Å²) in [5, 5.41) is 6.83. The largest absolute Gasteiger partial charge is 0.357 e. The monoisotopic (exact) mass is 462 g/mol. The molecule has 0 aliphatic carbocycles. The molecule has 1 aromatic carbocycles. The molecule has 1 fully saturated rings. The molecule has 4 nitrogen and oxygen atoms in total. The highest BCUT2D eigenvalue weighted by atomic mass is 127. The molecule has 0 atom stereocenters. The van der Waals surface area contributed by atoms with Crippen LogP contribution in [0.5, 0.6) is 0 Å². The molecule has 1 heterocycles. The Bertz CT molecular complexity index is 528. The summed E-state index contributed by atoms with van der Waals surface area (Å²) in [6.07, 6.45) is 2.89. The van der Waals surface area contributed by atoms with Gasteiger partial charge in [-0.05, 0) is 51.7 Å². The SMILES string of the molecule is CCNC(=NCCc1ccccc1F)NC1CCN(C(C)C)CC1.I.